The van der Waals surface area contributed by atoms with Crippen LogP contribution in [0, 0.1) is 5.82 Å². The van der Waals surface area contributed by atoms with Crippen molar-refractivity contribution in [3.63, 3.8) is 0 Å². The lowest BCUT2D eigenvalue weighted by Crippen LogP contribution is -2.36. The summed E-state index contributed by atoms with van der Waals surface area (Å²) in [6, 6.07) is 10.6. The van der Waals surface area contributed by atoms with E-state index >= 15 is 0 Å². The largest absolute Gasteiger partial charge is 0.371 e. The third kappa shape index (κ3) is 7.18. The Hall–Kier alpha value is -3.13. The van der Waals surface area contributed by atoms with Gasteiger partial charge in [0.25, 0.3) is 5.91 Å². The molecule has 1 fully saturated rings. The number of rotatable bonds is 9. The number of urea groups is 1. The highest BCUT2D eigenvalue weighted by atomic mass is 19.1. The van der Waals surface area contributed by atoms with Crippen LogP contribution >= 0.6 is 0 Å². The van der Waals surface area contributed by atoms with Gasteiger partial charge in [-0.3, -0.25) is 4.79 Å². The summed E-state index contributed by atoms with van der Waals surface area (Å²) < 4.78 is 13.4. The van der Waals surface area contributed by atoms with Crippen LogP contribution in [0.15, 0.2) is 42.5 Å². The molecule has 0 spiro atoms. The zero-order valence-electron chi connectivity index (χ0n) is 19.5. The Labute approximate surface area is 195 Å². The lowest BCUT2D eigenvalue weighted by Gasteiger charge is -2.30. The number of likely N-dealkylation sites (N-methyl/N-ethyl adjacent to an activating group) is 1. The van der Waals surface area contributed by atoms with E-state index in [1.54, 1.807) is 18.2 Å². The van der Waals surface area contributed by atoms with Crippen LogP contribution in [-0.2, 0) is 0 Å². The Morgan fingerprint density at radius 3 is 2.33 bits per heavy atom. The van der Waals surface area contributed by atoms with E-state index in [0.717, 1.165) is 51.3 Å². The number of anilines is 3. The Bertz CT molecular complexity index is 942. The first-order valence-electron chi connectivity index (χ1n) is 11.7. The maximum atomic E-state index is 13.4. The summed E-state index contributed by atoms with van der Waals surface area (Å²) in [6.45, 7) is 9.23. The zero-order valence-corrected chi connectivity index (χ0v) is 19.5. The molecule has 3 rings (SSSR count). The molecule has 2 aromatic rings. The molecule has 33 heavy (non-hydrogen) atoms. The molecule has 1 heterocycles. The maximum Gasteiger partial charge on any atom is 0.323 e. The monoisotopic (exact) mass is 455 g/mol. The Morgan fingerprint density at radius 2 is 1.67 bits per heavy atom. The molecular formula is C25H34FN5O2. The van der Waals surface area contributed by atoms with Crippen LogP contribution in [0.25, 0.3) is 0 Å². The van der Waals surface area contributed by atoms with Gasteiger partial charge in [0, 0.05) is 43.2 Å². The average Bonchev–Trinajstić information content (AvgIpc) is 2.82. The highest BCUT2D eigenvalue weighted by molar-refractivity contribution is 6.04. The smallest absolute Gasteiger partial charge is 0.323 e. The van der Waals surface area contributed by atoms with Gasteiger partial charge in [0.15, 0.2) is 0 Å². The van der Waals surface area contributed by atoms with E-state index in [9.17, 15) is 14.0 Å². The van der Waals surface area contributed by atoms with E-state index in [-0.39, 0.29) is 5.91 Å². The Kier molecular flexibility index (Phi) is 9.06. The molecule has 0 saturated carbocycles. The minimum Gasteiger partial charge on any atom is -0.371 e. The van der Waals surface area contributed by atoms with Crippen LogP contribution < -0.4 is 20.9 Å². The van der Waals surface area contributed by atoms with Crippen molar-refractivity contribution in [2.24, 2.45) is 0 Å². The van der Waals surface area contributed by atoms with E-state index in [1.165, 1.54) is 24.6 Å². The number of carbonyl (C=O) groups is 2. The van der Waals surface area contributed by atoms with Gasteiger partial charge in [-0.25, -0.2) is 9.18 Å². The standard InChI is InChI=1S/C25H34FN5O2/c1-3-30(4-2)16-13-27-24(32)22-18-21(11-12-23(22)31-14-6-5-7-15-31)29-25(33)28-20-10-8-9-19(26)17-20/h8-12,17-18H,3-7,13-16H2,1-2H3,(H,27,32)(H2,28,29,33). The molecule has 0 atom stereocenters. The van der Waals surface area contributed by atoms with Gasteiger partial charge in [-0.1, -0.05) is 19.9 Å². The minimum atomic E-state index is -0.501. The molecule has 0 radical (unpaired) electrons. The Morgan fingerprint density at radius 1 is 0.970 bits per heavy atom. The van der Waals surface area contributed by atoms with Crippen molar-refractivity contribution in [2.45, 2.75) is 33.1 Å². The van der Waals surface area contributed by atoms with Crippen molar-refractivity contribution < 1.29 is 14.0 Å². The number of amides is 3. The fourth-order valence-corrected chi connectivity index (χ4v) is 4.03. The summed E-state index contributed by atoms with van der Waals surface area (Å²) in [7, 11) is 0. The lowest BCUT2D eigenvalue weighted by atomic mass is 10.1. The highest BCUT2D eigenvalue weighted by Crippen LogP contribution is 2.27. The molecule has 1 saturated heterocycles. The molecule has 7 nitrogen and oxygen atoms in total. The summed E-state index contributed by atoms with van der Waals surface area (Å²) in [4.78, 5) is 30.0. The number of piperidine rings is 1. The van der Waals surface area contributed by atoms with E-state index < -0.39 is 11.8 Å². The van der Waals surface area contributed by atoms with Crippen LogP contribution in [0.3, 0.4) is 0 Å². The topological polar surface area (TPSA) is 76.7 Å². The SMILES string of the molecule is CCN(CC)CCNC(=O)c1cc(NC(=O)Nc2cccc(F)c2)ccc1N1CCCCC1. The van der Waals surface area contributed by atoms with E-state index in [0.29, 0.717) is 23.5 Å². The molecule has 8 heteroatoms. The van der Waals surface area contributed by atoms with Gasteiger partial charge in [-0.15, -0.1) is 0 Å². The number of hydrogen-bond acceptors (Lipinski definition) is 4. The summed E-state index contributed by atoms with van der Waals surface area (Å²) in [5.41, 5.74) is 2.27. The molecule has 1 aliphatic rings. The molecule has 1 aliphatic heterocycles. The molecular weight excluding hydrogens is 421 g/mol. The molecule has 0 aliphatic carbocycles. The van der Waals surface area contributed by atoms with Crippen molar-refractivity contribution in [2.75, 3.05) is 54.8 Å². The minimum absolute atomic E-state index is 0.156. The number of benzene rings is 2. The van der Waals surface area contributed by atoms with Crippen molar-refractivity contribution in [1.29, 1.82) is 0 Å². The quantitative estimate of drug-likeness (QED) is 0.519. The van der Waals surface area contributed by atoms with Crippen molar-refractivity contribution in [3.8, 4) is 0 Å². The van der Waals surface area contributed by atoms with Crippen LogP contribution in [-0.4, -0.2) is 56.1 Å². The van der Waals surface area contributed by atoms with E-state index in [2.05, 4.69) is 39.6 Å². The predicted molar refractivity (Wildman–Crippen MR) is 132 cm³/mol. The normalized spacial score (nSPS) is 13.6. The molecule has 178 valence electrons. The zero-order chi connectivity index (χ0) is 23.6. The molecule has 0 unspecified atom stereocenters. The molecule has 0 bridgehead atoms. The first-order chi connectivity index (χ1) is 16.0. The van der Waals surface area contributed by atoms with Crippen LogP contribution in [0.1, 0.15) is 43.5 Å². The van der Waals surface area contributed by atoms with Gasteiger partial charge in [-0.2, -0.15) is 0 Å². The fraction of sp³-hybridized carbons (Fsp3) is 0.440. The third-order valence-electron chi connectivity index (χ3n) is 5.89. The number of hydrogen-bond donors (Lipinski definition) is 3. The second kappa shape index (κ2) is 12.2. The second-order valence-corrected chi connectivity index (χ2v) is 8.15. The third-order valence-corrected chi connectivity index (χ3v) is 5.89. The lowest BCUT2D eigenvalue weighted by molar-refractivity contribution is 0.0949. The van der Waals surface area contributed by atoms with E-state index in [1.807, 2.05) is 6.07 Å². The highest BCUT2D eigenvalue weighted by Gasteiger charge is 2.20. The number of nitrogens with zero attached hydrogens (tertiary/aromatic N) is 2. The van der Waals surface area contributed by atoms with Crippen molar-refractivity contribution >= 4 is 29.0 Å². The summed E-state index contributed by atoms with van der Waals surface area (Å²) in [5, 5.41) is 8.39. The first kappa shape index (κ1) is 24.5. The van der Waals surface area contributed by atoms with E-state index in [4.69, 9.17) is 0 Å². The fourth-order valence-electron chi connectivity index (χ4n) is 4.03. The van der Waals surface area contributed by atoms with Crippen LogP contribution in [0.5, 0.6) is 0 Å². The average molecular weight is 456 g/mol. The molecule has 0 aromatic heterocycles. The predicted octanol–water partition coefficient (Wildman–Crippen LogP) is 4.53. The van der Waals surface area contributed by atoms with Crippen molar-refractivity contribution in [3.05, 3.63) is 53.8 Å². The van der Waals surface area contributed by atoms with Crippen molar-refractivity contribution in [1.82, 2.24) is 10.2 Å². The van der Waals surface area contributed by atoms with Gasteiger partial charge < -0.3 is 25.8 Å². The summed E-state index contributed by atoms with van der Waals surface area (Å²) >= 11 is 0. The van der Waals surface area contributed by atoms with Gasteiger partial charge in [0.05, 0.1) is 5.56 Å². The molecule has 2 aromatic carbocycles. The molecule has 3 amide bonds. The van der Waals surface area contributed by atoms with Crippen LogP contribution in [0.4, 0.5) is 26.2 Å². The summed E-state index contributed by atoms with van der Waals surface area (Å²) in [6.07, 6.45) is 3.39. The summed E-state index contributed by atoms with van der Waals surface area (Å²) in [5.74, 6) is -0.584. The first-order valence-corrected chi connectivity index (χ1v) is 11.7. The molecule has 3 N–H and O–H groups in total. The number of carbonyl (C=O) groups excluding carboxylic acids is 2. The van der Waals surface area contributed by atoms with Gasteiger partial charge in [0.2, 0.25) is 0 Å². The second-order valence-electron chi connectivity index (χ2n) is 8.15. The number of halogens is 1. The maximum absolute atomic E-state index is 13.4. The van der Waals surface area contributed by atoms with Gasteiger partial charge in [-0.05, 0) is 68.8 Å². The van der Waals surface area contributed by atoms with Gasteiger partial charge >= 0.3 is 6.03 Å². The van der Waals surface area contributed by atoms with Crippen LogP contribution in [0.2, 0.25) is 0 Å². The number of nitrogens with one attached hydrogen (secondary N) is 3. The van der Waals surface area contributed by atoms with Gasteiger partial charge in [0.1, 0.15) is 5.82 Å². The Balaban J connectivity index is 1.73.